The molecule has 2 rings (SSSR count). The molecule has 0 spiro atoms. The number of nitrogens with zero attached hydrogens (tertiary/aromatic N) is 2. The van der Waals surface area contributed by atoms with Gasteiger partial charge in [0.15, 0.2) is 0 Å². The van der Waals surface area contributed by atoms with E-state index >= 15 is 0 Å². The van der Waals surface area contributed by atoms with Crippen LogP contribution in [-0.4, -0.2) is 70.0 Å². The number of aliphatic carboxylic acids is 1. The van der Waals surface area contributed by atoms with E-state index in [2.05, 4.69) is 29.5 Å². The first kappa shape index (κ1) is 28.3. The van der Waals surface area contributed by atoms with Crippen molar-refractivity contribution in [1.82, 2.24) is 20.5 Å². The minimum atomic E-state index is -1.04. The number of nitrogens with one attached hydrogen (secondary N) is 2. The highest BCUT2D eigenvalue weighted by molar-refractivity contribution is 7.98. The van der Waals surface area contributed by atoms with Gasteiger partial charge in [0, 0.05) is 31.5 Å². The van der Waals surface area contributed by atoms with E-state index in [9.17, 15) is 19.5 Å². The maximum Gasteiger partial charge on any atom is 0.326 e. The summed E-state index contributed by atoms with van der Waals surface area (Å²) in [6.07, 6.45) is 6.25. The highest BCUT2D eigenvalue weighted by Crippen LogP contribution is 2.13. The molecule has 0 aliphatic carbocycles. The van der Waals surface area contributed by atoms with Gasteiger partial charge < -0.3 is 15.7 Å². The molecule has 0 fully saturated rings. The van der Waals surface area contributed by atoms with Gasteiger partial charge in [-0.1, -0.05) is 50.6 Å². The van der Waals surface area contributed by atoms with E-state index in [1.807, 2.05) is 41.5 Å². The summed E-state index contributed by atoms with van der Waals surface area (Å²) in [5.74, 6) is -0.804. The molecule has 1 aromatic heterocycles. The highest BCUT2D eigenvalue weighted by atomic mass is 32.2. The Morgan fingerprint density at radius 3 is 2.46 bits per heavy atom. The van der Waals surface area contributed by atoms with Crippen molar-refractivity contribution >= 4 is 29.5 Å². The maximum atomic E-state index is 12.9. The van der Waals surface area contributed by atoms with Crippen molar-refractivity contribution < 1.29 is 19.5 Å². The number of carboxylic acid groups (broad SMARTS) is 1. The van der Waals surface area contributed by atoms with Crippen molar-refractivity contribution in [2.75, 3.05) is 25.1 Å². The normalized spacial score (nSPS) is 13.6. The van der Waals surface area contributed by atoms with Gasteiger partial charge in [0.05, 0.1) is 12.1 Å². The third kappa shape index (κ3) is 10.1. The van der Waals surface area contributed by atoms with Gasteiger partial charge in [-0.3, -0.25) is 19.5 Å². The quantitative estimate of drug-likeness (QED) is 0.345. The van der Waals surface area contributed by atoms with E-state index in [1.54, 1.807) is 18.3 Å². The number of rotatable bonds is 15. The molecule has 9 heteroatoms. The van der Waals surface area contributed by atoms with Crippen LogP contribution in [0.5, 0.6) is 0 Å². The molecular weight excluding hydrogens is 464 g/mol. The summed E-state index contributed by atoms with van der Waals surface area (Å²) in [5.41, 5.74) is 1.50. The van der Waals surface area contributed by atoms with Crippen molar-refractivity contribution in [1.29, 1.82) is 0 Å². The van der Waals surface area contributed by atoms with Gasteiger partial charge in [-0.05, 0) is 42.0 Å². The van der Waals surface area contributed by atoms with E-state index in [1.165, 1.54) is 18.0 Å². The lowest BCUT2D eigenvalue weighted by atomic mass is 9.97. The Labute approximate surface area is 211 Å². The lowest BCUT2D eigenvalue weighted by Crippen LogP contribution is -2.51. The summed E-state index contributed by atoms with van der Waals surface area (Å²) in [6, 6.07) is 12.1. The number of carboxylic acids is 1. The van der Waals surface area contributed by atoms with Gasteiger partial charge in [0.1, 0.15) is 6.04 Å². The van der Waals surface area contributed by atoms with E-state index < -0.39 is 12.0 Å². The van der Waals surface area contributed by atoms with Gasteiger partial charge in [-0.2, -0.15) is 11.8 Å². The smallest absolute Gasteiger partial charge is 0.326 e. The molecule has 35 heavy (non-hydrogen) atoms. The van der Waals surface area contributed by atoms with Crippen LogP contribution in [0.2, 0.25) is 0 Å². The molecular formula is C26H36N4O4S. The van der Waals surface area contributed by atoms with E-state index in [4.69, 9.17) is 0 Å². The van der Waals surface area contributed by atoms with Crippen LogP contribution < -0.4 is 10.6 Å². The zero-order valence-electron chi connectivity index (χ0n) is 20.6. The molecule has 0 aliphatic heterocycles. The minimum Gasteiger partial charge on any atom is -0.480 e. The summed E-state index contributed by atoms with van der Waals surface area (Å²) in [6.45, 7) is 5.08. The van der Waals surface area contributed by atoms with Crippen molar-refractivity contribution in [2.45, 2.75) is 45.3 Å². The van der Waals surface area contributed by atoms with Crippen molar-refractivity contribution in [2.24, 2.45) is 5.92 Å². The molecule has 1 heterocycles. The fraction of sp³-hybridized carbons (Fsp3) is 0.462. The first-order chi connectivity index (χ1) is 16.8. The van der Waals surface area contributed by atoms with Crippen molar-refractivity contribution in [3.8, 4) is 0 Å². The molecule has 190 valence electrons. The van der Waals surface area contributed by atoms with Crippen LogP contribution in [0.15, 0.2) is 54.9 Å². The topological polar surface area (TPSA) is 112 Å². The van der Waals surface area contributed by atoms with Crippen LogP contribution in [0.25, 0.3) is 0 Å². The summed E-state index contributed by atoms with van der Waals surface area (Å²) in [4.78, 5) is 43.3. The van der Waals surface area contributed by atoms with Crippen LogP contribution in [-0.2, 0) is 16.1 Å². The lowest BCUT2D eigenvalue weighted by molar-refractivity contribution is -0.142. The Morgan fingerprint density at radius 2 is 1.86 bits per heavy atom. The zero-order chi connectivity index (χ0) is 25.6. The second-order valence-corrected chi connectivity index (χ2v) is 9.59. The summed E-state index contributed by atoms with van der Waals surface area (Å²) in [5, 5.41) is 15.3. The van der Waals surface area contributed by atoms with E-state index in [-0.39, 0.29) is 30.3 Å². The average molecular weight is 501 g/mol. The van der Waals surface area contributed by atoms with E-state index in [0.717, 1.165) is 12.0 Å². The van der Waals surface area contributed by atoms with Gasteiger partial charge in [-0.25, -0.2) is 4.79 Å². The third-order valence-corrected chi connectivity index (χ3v) is 6.53. The summed E-state index contributed by atoms with van der Waals surface area (Å²) >= 11 is 1.54. The molecule has 3 atom stereocenters. The highest BCUT2D eigenvalue weighted by Gasteiger charge is 2.25. The summed E-state index contributed by atoms with van der Waals surface area (Å²) < 4.78 is 0. The molecule has 0 bridgehead atoms. The lowest BCUT2D eigenvalue weighted by Gasteiger charge is -2.31. The Morgan fingerprint density at radius 1 is 1.11 bits per heavy atom. The first-order valence-corrected chi connectivity index (χ1v) is 13.2. The number of hydrogen-bond acceptors (Lipinski definition) is 6. The van der Waals surface area contributed by atoms with Crippen LogP contribution in [0.1, 0.15) is 42.6 Å². The predicted molar refractivity (Wildman–Crippen MR) is 139 cm³/mol. The average Bonchev–Trinajstić information content (AvgIpc) is 2.86. The van der Waals surface area contributed by atoms with Gasteiger partial charge in [-0.15, -0.1) is 0 Å². The van der Waals surface area contributed by atoms with Crippen LogP contribution in [0, 0.1) is 5.92 Å². The largest absolute Gasteiger partial charge is 0.480 e. The Bertz CT molecular complexity index is 929. The van der Waals surface area contributed by atoms with Gasteiger partial charge in [0.25, 0.3) is 5.91 Å². The van der Waals surface area contributed by atoms with Crippen LogP contribution in [0.4, 0.5) is 0 Å². The molecule has 0 saturated carbocycles. The third-order valence-electron chi connectivity index (χ3n) is 5.89. The second kappa shape index (κ2) is 15.2. The fourth-order valence-corrected chi connectivity index (χ4v) is 4.11. The molecule has 8 nitrogen and oxygen atoms in total. The molecule has 2 aromatic rings. The predicted octanol–water partition coefficient (Wildman–Crippen LogP) is 3.05. The Kier molecular flexibility index (Phi) is 12.3. The van der Waals surface area contributed by atoms with Gasteiger partial charge >= 0.3 is 5.97 Å². The number of amides is 2. The van der Waals surface area contributed by atoms with Gasteiger partial charge in [0.2, 0.25) is 5.91 Å². The summed E-state index contributed by atoms with van der Waals surface area (Å²) in [7, 11) is 0. The number of aromatic nitrogens is 1. The van der Waals surface area contributed by atoms with Crippen LogP contribution >= 0.6 is 11.8 Å². The number of carbonyl (C=O) groups is 3. The molecule has 2 amide bonds. The second-order valence-electron chi connectivity index (χ2n) is 8.60. The molecule has 0 aliphatic rings. The zero-order valence-corrected chi connectivity index (χ0v) is 21.5. The standard InChI is InChI=1S/C26H36N4O4S/c1-4-19(2)23(29-25(32)21-11-8-13-27-15-21)17-30(16-20-9-6-5-7-10-20)18-24(31)28-22(26(33)34)12-14-35-3/h5-11,13,15,19,22-23H,4,12,14,16-18H2,1-3H3,(H,28,31)(H,29,32)(H,33,34)/t19-,22-,23+/m0/s1. The minimum absolute atomic E-state index is 0.0215. The van der Waals surface area contributed by atoms with E-state index in [0.29, 0.717) is 30.8 Å². The van der Waals surface area contributed by atoms with Crippen molar-refractivity contribution in [3.05, 3.63) is 66.0 Å². The molecule has 0 saturated heterocycles. The monoisotopic (exact) mass is 500 g/mol. The molecule has 1 aromatic carbocycles. The van der Waals surface area contributed by atoms with Crippen molar-refractivity contribution in [3.63, 3.8) is 0 Å². The SMILES string of the molecule is CC[C@H](C)[C@@H](CN(CC(=O)N[C@@H](CCSC)C(=O)O)Cc1ccccc1)NC(=O)c1cccnc1. The number of benzene rings is 1. The van der Waals surface area contributed by atoms with Crippen LogP contribution in [0.3, 0.4) is 0 Å². The molecule has 0 radical (unpaired) electrons. The number of hydrogen-bond donors (Lipinski definition) is 3. The fourth-order valence-electron chi connectivity index (χ4n) is 3.64. The Hall–Kier alpha value is -2.91. The Balaban J connectivity index is 2.17. The first-order valence-electron chi connectivity index (χ1n) is 11.8. The number of thioether (sulfide) groups is 1. The maximum absolute atomic E-state index is 12.9. The number of pyridine rings is 1. The molecule has 0 unspecified atom stereocenters. The number of carbonyl (C=O) groups excluding carboxylic acids is 2. The molecule has 3 N–H and O–H groups in total.